The van der Waals surface area contributed by atoms with Gasteiger partial charge in [0.2, 0.25) is 0 Å². The number of hydrogen-bond acceptors (Lipinski definition) is 4. The van der Waals surface area contributed by atoms with Gasteiger partial charge >= 0.3 is 0 Å². The molecule has 0 heterocycles. The number of aryl methyl sites for hydroxylation is 2. The van der Waals surface area contributed by atoms with Crippen molar-refractivity contribution in [3.8, 4) is 67.1 Å². The summed E-state index contributed by atoms with van der Waals surface area (Å²) in [7, 11) is 0. The molecule has 482 valence electrons. The largest absolute Gasteiger partial charge is 0.490 e. The number of nitrogens with zero attached hydrogens (tertiary/aromatic N) is 2. The first-order valence-electron chi connectivity index (χ1n) is 33.9. The van der Waals surface area contributed by atoms with Gasteiger partial charge in [-0.15, -0.1) is 0 Å². The molecule has 2 aliphatic carbocycles. The van der Waals surface area contributed by atoms with Crippen molar-refractivity contribution in [2.45, 2.75) is 24.7 Å². The number of hydrogen-bond donors (Lipinski definition) is 0. The van der Waals surface area contributed by atoms with Gasteiger partial charge in [0.15, 0.2) is 0 Å². The van der Waals surface area contributed by atoms with E-state index in [0.717, 1.165) is 123 Å². The second-order valence-corrected chi connectivity index (χ2v) is 25.8. The molecule has 2 unspecified atom stereocenters. The summed E-state index contributed by atoms with van der Waals surface area (Å²) >= 11 is 0. The normalized spacial score (nSPS) is 14.6. The third kappa shape index (κ3) is 10.9. The minimum Gasteiger partial charge on any atom is -0.490 e. The van der Waals surface area contributed by atoms with Gasteiger partial charge in [0.05, 0.1) is 10.8 Å². The number of ether oxygens (including phenoxy) is 2. The Morgan fingerprint density at radius 3 is 0.920 bits per heavy atom. The Labute approximate surface area is 584 Å². The maximum Gasteiger partial charge on any atom is 0.128 e. The Morgan fingerprint density at radius 1 is 0.290 bits per heavy atom. The Balaban J connectivity index is 0.803. The average Bonchev–Trinajstić information content (AvgIpc) is 1.54. The molecular weight excluding hydrogens is 1230 g/mol. The van der Waals surface area contributed by atoms with Crippen LogP contribution in [-0.4, -0.2) is 13.2 Å². The predicted molar refractivity (Wildman–Crippen MR) is 407 cm³/mol. The van der Waals surface area contributed by atoms with Gasteiger partial charge in [-0.2, -0.15) is 0 Å². The molecule has 2 atom stereocenters. The monoisotopic (exact) mass is 1300 g/mol. The fraction of sp³-hybridized carbons (Fsp3) is 0.0638. The van der Waals surface area contributed by atoms with Crippen molar-refractivity contribution in [1.29, 1.82) is 0 Å². The van der Waals surface area contributed by atoms with Crippen molar-refractivity contribution in [3.63, 3.8) is 0 Å². The van der Waals surface area contributed by atoms with Crippen LogP contribution >= 0.6 is 0 Å². The molecule has 4 nitrogen and oxygen atoms in total. The van der Waals surface area contributed by atoms with Gasteiger partial charge in [-0.05, 0) is 234 Å². The first-order chi connectivity index (χ1) is 49.1. The molecule has 0 fully saturated rings. The molecule has 0 spiro atoms. The van der Waals surface area contributed by atoms with E-state index in [9.17, 15) is 0 Å². The van der Waals surface area contributed by atoms with E-state index < -0.39 is 10.8 Å². The van der Waals surface area contributed by atoms with Crippen molar-refractivity contribution in [2.75, 3.05) is 23.0 Å². The van der Waals surface area contributed by atoms with Crippen LogP contribution in [0.2, 0.25) is 0 Å². The van der Waals surface area contributed by atoms with E-state index in [-0.39, 0.29) is 11.6 Å². The lowest BCUT2D eigenvalue weighted by Gasteiger charge is -2.35. The zero-order valence-corrected chi connectivity index (χ0v) is 55.6. The lowest BCUT2D eigenvalue weighted by atomic mass is 9.67. The number of halogens is 2. The minimum absolute atomic E-state index is 0.292. The van der Waals surface area contributed by atoms with E-state index in [1.807, 2.05) is 24.3 Å². The summed E-state index contributed by atoms with van der Waals surface area (Å²) in [5.74, 6) is 0.926. The van der Waals surface area contributed by atoms with Crippen molar-refractivity contribution >= 4 is 34.1 Å². The summed E-state index contributed by atoms with van der Waals surface area (Å²) in [6.45, 7) is 12.2. The van der Waals surface area contributed by atoms with Crippen LogP contribution in [0.25, 0.3) is 55.6 Å². The molecule has 0 N–H and O–H groups in total. The fourth-order valence-corrected chi connectivity index (χ4v) is 15.3. The second-order valence-electron chi connectivity index (χ2n) is 25.8. The lowest BCUT2D eigenvalue weighted by Crippen LogP contribution is -2.29. The molecular formula is C94H70F2N2O2. The molecule has 2 aliphatic rings. The van der Waals surface area contributed by atoms with Crippen molar-refractivity contribution in [3.05, 3.63) is 420 Å². The van der Waals surface area contributed by atoms with Gasteiger partial charge in [-0.1, -0.05) is 244 Å². The van der Waals surface area contributed by atoms with Crippen molar-refractivity contribution < 1.29 is 18.3 Å². The fourth-order valence-electron chi connectivity index (χ4n) is 15.3. The molecule has 0 aromatic heterocycles. The SMILES string of the molecule is C=CCOc1ccc(C2(c3ccccc3)c3cc(-c4ccccc4)ccc3-c3ccc(N(c4ccc(-c5ccc(N(c6ccc(C)c(F)c6)c6ccc7c(c6)C(c6ccccc6)(c6ccc(OCC=C)cc6)c6cc(-c8ccccc8)ccc6-7)cc5)cc4)c4ccc(C)c(F)c4)cc32)cc1. The van der Waals surface area contributed by atoms with E-state index in [1.165, 1.54) is 11.1 Å². The molecule has 14 aromatic carbocycles. The highest BCUT2D eigenvalue weighted by atomic mass is 19.1. The average molecular weight is 1300 g/mol. The van der Waals surface area contributed by atoms with Gasteiger partial charge in [-0.25, -0.2) is 8.78 Å². The van der Waals surface area contributed by atoms with Gasteiger partial charge in [0.25, 0.3) is 0 Å². The first-order valence-corrected chi connectivity index (χ1v) is 33.9. The van der Waals surface area contributed by atoms with Crippen LogP contribution in [-0.2, 0) is 10.8 Å². The summed E-state index contributed by atoms with van der Waals surface area (Å²) in [6.07, 6.45) is 3.51. The van der Waals surface area contributed by atoms with Crippen LogP contribution in [0.5, 0.6) is 11.5 Å². The highest BCUT2D eigenvalue weighted by Crippen LogP contribution is 2.60. The number of benzene rings is 14. The van der Waals surface area contributed by atoms with E-state index >= 15 is 8.78 Å². The third-order valence-electron chi connectivity index (χ3n) is 20.1. The maximum absolute atomic E-state index is 16.2. The standard InChI is InChI=1S/C94H70F2N2O2/c1-5-55-99-81-47-35-73(36-48-81)93(71-23-15-9-16-24-71)87-57-69(65-19-11-7-12-20-65)33-51-83(87)85-53-45-77(59-89(85)93)97(79-39-27-63(3)91(95)61-79)75-41-29-67(30-42-75)68-31-43-76(44-32-68)98(80-40-28-64(4)92(96)62-80)78-46-54-86-84-52-34-70(66-21-13-8-14-22-66)58-88(84)94(90(86)60-78,72-25-17-10-18-26-72)74-37-49-82(50-38-74)100-56-6-2/h5-54,57-62H,1-2,55-56H2,3-4H3. The molecule has 0 aliphatic heterocycles. The molecule has 14 aromatic rings. The van der Waals surface area contributed by atoms with Crippen LogP contribution in [0.4, 0.5) is 42.9 Å². The Bertz CT molecular complexity index is 5030. The molecule has 6 heteroatoms. The smallest absolute Gasteiger partial charge is 0.128 e. The Hall–Kier alpha value is -12.4. The minimum atomic E-state index is -0.784. The Kier molecular flexibility index (Phi) is 16.4. The van der Waals surface area contributed by atoms with Crippen molar-refractivity contribution in [2.24, 2.45) is 0 Å². The lowest BCUT2D eigenvalue weighted by molar-refractivity contribution is 0.363. The highest BCUT2D eigenvalue weighted by Gasteiger charge is 2.49. The topological polar surface area (TPSA) is 24.9 Å². The quantitative estimate of drug-likeness (QED) is 0.0754. The third-order valence-corrected chi connectivity index (χ3v) is 20.1. The van der Waals surface area contributed by atoms with Crippen molar-refractivity contribution in [1.82, 2.24) is 0 Å². The summed E-state index contributed by atoms with van der Waals surface area (Å²) in [5, 5.41) is 0. The molecule has 0 bridgehead atoms. The van der Waals surface area contributed by atoms with E-state index in [0.29, 0.717) is 35.7 Å². The molecule has 100 heavy (non-hydrogen) atoms. The van der Waals surface area contributed by atoms with Crippen LogP contribution in [0.1, 0.15) is 55.6 Å². The van der Waals surface area contributed by atoms with Gasteiger partial charge in [0.1, 0.15) is 36.3 Å². The molecule has 16 rings (SSSR count). The number of anilines is 6. The Morgan fingerprint density at radius 2 is 0.570 bits per heavy atom. The number of rotatable bonds is 19. The van der Waals surface area contributed by atoms with Gasteiger partial charge in [0, 0.05) is 34.1 Å². The first kappa shape index (κ1) is 62.4. The second kappa shape index (κ2) is 26.2. The summed E-state index contributed by atoms with van der Waals surface area (Å²) in [5.41, 5.74) is 24.3. The molecule has 0 saturated carbocycles. The van der Waals surface area contributed by atoms with Crippen LogP contribution in [0.15, 0.2) is 353 Å². The van der Waals surface area contributed by atoms with Crippen LogP contribution in [0, 0.1) is 25.5 Å². The van der Waals surface area contributed by atoms with Crippen LogP contribution < -0.4 is 19.3 Å². The molecule has 0 saturated heterocycles. The summed E-state index contributed by atoms with van der Waals surface area (Å²) in [6, 6.07) is 115. The zero-order valence-electron chi connectivity index (χ0n) is 55.6. The van der Waals surface area contributed by atoms with E-state index in [1.54, 1.807) is 38.1 Å². The summed E-state index contributed by atoms with van der Waals surface area (Å²) < 4.78 is 44.5. The molecule has 0 radical (unpaired) electrons. The highest BCUT2D eigenvalue weighted by molar-refractivity contribution is 5.94. The molecule has 0 amide bonds. The van der Waals surface area contributed by atoms with E-state index in [2.05, 4.69) is 314 Å². The summed E-state index contributed by atoms with van der Waals surface area (Å²) in [4.78, 5) is 4.32. The van der Waals surface area contributed by atoms with Crippen LogP contribution in [0.3, 0.4) is 0 Å². The predicted octanol–water partition coefficient (Wildman–Crippen LogP) is 24.4. The van der Waals surface area contributed by atoms with Gasteiger partial charge in [-0.3, -0.25) is 0 Å². The number of fused-ring (bicyclic) bond motifs is 6. The van der Waals surface area contributed by atoms with E-state index in [4.69, 9.17) is 9.47 Å². The maximum atomic E-state index is 16.2. The zero-order chi connectivity index (χ0) is 67.9. The van der Waals surface area contributed by atoms with Gasteiger partial charge < -0.3 is 19.3 Å².